The lowest BCUT2D eigenvalue weighted by Gasteiger charge is -2.42. The lowest BCUT2D eigenvalue weighted by Crippen LogP contribution is -2.44. The molecule has 1 aromatic rings. The first-order valence-corrected chi connectivity index (χ1v) is 7.09. The van der Waals surface area contributed by atoms with Crippen LogP contribution in [0, 0.1) is 5.41 Å². The highest BCUT2D eigenvalue weighted by Crippen LogP contribution is 2.46. The zero-order valence-corrected chi connectivity index (χ0v) is 10.8. The van der Waals surface area contributed by atoms with Crippen molar-refractivity contribution in [2.45, 2.75) is 44.4 Å². The van der Waals surface area contributed by atoms with Gasteiger partial charge >= 0.3 is 0 Å². The highest BCUT2D eigenvalue weighted by Gasteiger charge is 2.38. The molecule has 1 aliphatic heterocycles. The van der Waals surface area contributed by atoms with Crippen LogP contribution in [-0.4, -0.2) is 12.5 Å². The SMILES string of the molecule is O=C1CCC2(CCC(c3ccccc3)CC2)CN1. The highest BCUT2D eigenvalue weighted by atomic mass is 16.1. The van der Waals surface area contributed by atoms with Crippen LogP contribution in [0.5, 0.6) is 0 Å². The Morgan fingerprint density at radius 3 is 2.39 bits per heavy atom. The summed E-state index contributed by atoms with van der Waals surface area (Å²) in [6.45, 7) is 0.910. The number of hydrogen-bond donors (Lipinski definition) is 1. The van der Waals surface area contributed by atoms with Crippen LogP contribution in [0.1, 0.15) is 50.0 Å². The van der Waals surface area contributed by atoms with E-state index in [4.69, 9.17) is 0 Å². The molecule has 2 heteroatoms. The molecule has 0 aromatic heterocycles. The highest BCUT2D eigenvalue weighted by molar-refractivity contribution is 5.76. The Kier molecular flexibility index (Phi) is 3.11. The van der Waals surface area contributed by atoms with Crippen LogP contribution in [-0.2, 0) is 4.79 Å². The first-order valence-electron chi connectivity index (χ1n) is 7.09. The maximum Gasteiger partial charge on any atom is 0.220 e. The number of nitrogens with one attached hydrogen (secondary N) is 1. The number of hydrogen-bond acceptors (Lipinski definition) is 1. The molecule has 2 fully saturated rings. The molecule has 1 aliphatic carbocycles. The molecule has 0 atom stereocenters. The van der Waals surface area contributed by atoms with E-state index in [1.165, 1.54) is 31.2 Å². The van der Waals surface area contributed by atoms with Gasteiger partial charge in [0.1, 0.15) is 0 Å². The molecule has 18 heavy (non-hydrogen) atoms. The fourth-order valence-corrected chi connectivity index (χ4v) is 3.56. The lowest BCUT2D eigenvalue weighted by molar-refractivity contribution is -0.124. The van der Waals surface area contributed by atoms with Gasteiger partial charge in [0.2, 0.25) is 5.91 Å². The van der Waals surface area contributed by atoms with E-state index in [9.17, 15) is 4.79 Å². The summed E-state index contributed by atoms with van der Waals surface area (Å²) in [6.07, 6.45) is 6.93. The third kappa shape index (κ3) is 2.29. The molecular weight excluding hydrogens is 222 g/mol. The van der Waals surface area contributed by atoms with Gasteiger partial charge in [-0.25, -0.2) is 0 Å². The first kappa shape index (κ1) is 11.8. The summed E-state index contributed by atoms with van der Waals surface area (Å²) in [4.78, 5) is 11.3. The zero-order valence-electron chi connectivity index (χ0n) is 10.8. The molecule has 2 aliphatic rings. The Morgan fingerprint density at radius 1 is 1.06 bits per heavy atom. The summed E-state index contributed by atoms with van der Waals surface area (Å²) in [5, 5.41) is 3.06. The van der Waals surface area contributed by atoms with E-state index in [0.29, 0.717) is 5.41 Å². The quantitative estimate of drug-likeness (QED) is 0.806. The molecule has 96 valence electrons. The predicted octanol–water partition coefficient (Wildman–Crippen LogP) is 3.24. The van der Waals surface area contributed by atoms with Gasteiger partial charge in [0, 0.05) is 13.0 Å². The Labute approximate surface area is 109 Å². The van der Waals surface area contributed by atoms with Crippen LogP contribution < -0.4 is 5.32 Å². The molecule has 0 radical (unpaired) electrons. The summed E-state index contributed by atoms with van der Waals surface area (Å²) in [6, 6.07) is 10.9. The van der Waals surface area contributed by atoms with Crippen LogP contribution in [0.15, 0.2) is 30.3 Å². The molecule has 1 aromatic carbocycles. The van der Waals surface area contributed by atoms with Crippen molar-refractivity contribution in [3.63, 3.8) is 0 Å². The Hall–Kier alpha value is -1.31. The van der Waals surface area contributed by atoms with Crippen LogP contribution in [0.3, 0.4) is 0 Å². The standard InChI is InChI=1S/C16H21NO/c18-15-8-11-16(12-17-15)9-6-14(7-10-16)13-4-2-1-3-5-13/h1-5,14H,6-12H2,(H,17,18). The van der Waals surface area contributed by atoms with E-state index in [0.717, 1.165) is 25.3 Å². The minimum Gasteiger partial charge on any atom is -0.356 e. The van der Waals surface area contributed by atoms with Gasteiger partial charge in [0.25, 0.3) is 0 Å². The molecule has 1 heterocycles. The van der Waals surface area contributed by atoms with E-state index >= 15 is 0 Å². The van der Waals surface area contributed by atoms with Crippen molar-refractivity contribution < 1.29 is 4.79 Å². The van der Waals surface area contributed by atoms with E-state index in [2.05, 4.69) is 35.6 Å². The van der Waals surface area contributed by atoms with Gasteiger partial charge in [0.15, 0.2) is 0 Å². The van der Waals surface area contributed by atoms with Crippen LogP contribution in [0.25, 0.3) is 0 Å². The maximum absolute atomic E-state index is 11.3. The van der Waals surface area contributed by atoms with Crippen molar-refractivity contribution in [2.24, 2.45) is 5.41 Å². The molecule has 1 spiro atoms. The van der Waals surface area contributed by atoms with Crippen molar-refractivity contribution >= 4 is 5.91 Å². The second-order valence-electron chi connectivity index (χ2n) is 5.96. The smallest absolute Gasteiger partial charge is 0.220 e. The Bertz CT molecular complexity index is 406. The fourth-order valence-electron chi connectivity index (χ4n) is 3.56. The second-order valence-corrected chi connectivity index (χ2v) is 5.96. The van der Waals surface area contributed by atoms with Gasteiger partial charge in [-0.05, 0) is 49.0 Å². The molecule has 1 saturated carbocycles. The molecule has 0 unspecified atom stereocenters. The summed E-state index contributed by atoms with van der Waals surface area (Å²) < 4.78 is 0. The number of rotatable bonds is 1. The largest absolute Gasteiger partial charge is 0.356 e. The molecule has 0 bridgehead atoms. The van der Waals surface area contributed by atoms with E-state index in [1.807, 2.05) is 0 Å². The van der Waals surface area contributed by atoms with Gasteiger partial charge in [-0.3, -0.25) is 4.79 Å². The fraction of sp³-hybridized carbons (Fsp3) is 0.562. The number of benzene rings is 1. The Balaban J connectivity index is 1.63. The Morgan fingerprint density at radius 2 is 1.78 bits per heavy atom. The average molecular weight is 243 g/mol. The normalized spacial score (nSPS) is 32.2. The van der Waals surface area contributed by atoms with Crippen molar-refractivity contribution in [1.82, 2.24) is 5.32 Å². The van der Waals surface area contributed by atoms with E-state index in [1.54, 1.807) is 0 Å². The summed E-state index contributed by atoms with van der Waals surface area (Å²) in [5.41, 5.74) is 1.91. The summed E-state index contributed by atoms with van der Waals surface area (Å²) in [5.74, 6) is 0.972. The second kappa shape index (κ2) is 4.75. The monoisotopic (exact) mass is 243 g/mol. The van der Waals surface area contributed by atoms with E-state index in [-0.39, 0.29) is 5.91 Å². The molecule has 1 amide bonds. The predicted molar refractivity (Wildman–Crippen MR) is 72.3 cm³/mol. The molecule has 1 N–H and O–H groups in total. The van der Waals surface area contributed by atoms with Gasteiger partial charge in [-0.1, -0.05) is 30.3 Å². The van der Waals surface area contributed by atoms with Crippen molar-refractivity contribution in [1.29, 1.82) is 0 Å². The molecule has 1 saturated heterocycles. The average Bonchev–Trinajstić information content (AvgIpc) is 2.44. The minimum absolute atomic E-state index is 0.241. The summed E-state index contributed by atoms with van der Waals surface area (Å²) >= 11 is 0. The first-order chi connectivity index (χ1) is 8.77. The molecule has 3 rings (SSSR count). The minimum atomic E-state index is 0.241. The van der Waals surface area contributed by atoms with Gasteiger partial charge < -0.3 is 5.32 Å². The van der Waals surface area contributed by atoms with Gasteiger partial charge in [-0.2, -0.15) is 0 Å². The van der Waals surface area contributed by atoms with Crippen LogP contribution >= 0.6 is 0 Å². The van der Waals surface area contributed by atoms with Crippen LogP contribution in [0.4, 0.5) is 0 Å². The molecular formula is C16H21NO. The lowest BCUT2D eigenvalue weighted by atomic mass is 9.66. The van der Waals surface area contributed by atoms with Crippen molar-refractivity contribution in [2.75, 3.05) is 6.54 Å². The topological polar surface area (TPSA) is 29.1 Å². The third-order valence-electron chi connectivity index (χ3n) is 4.86. The molecule has 2 nitrogen and oxygen atoms in total. The van der Waals surface area contributed by atoms with Crippen molar-refractivity contribution in [3.8, 4) is 0 Å². The number of piperidine rings is 1. The van der Waals surface area contributed by atoms with Crippen LogP contribution in [0.2, 0.25) is 0 Å². The summed E-state index contributed by atoms with van der Waals surface area (Å²) in [7, 11) is 0. The third-order valence-corrected chi connectivity index (χ3v) is 4.86. The number of amides is 1. The van der Waals surface area contributed by atoms with E-state index < -0.39 is 0 Å². The van der Waals surface area contributed by atoms with Gasteiger partial charge in [-0.15, -0.1) is 0 Å². The zero-order chi connectivity index (χ0) is 12.4. The van der Waals surface area contributed by atoms with Gasteiger partial charge in [0.05, 0.1) is 0 Å². The maximum atomic E-state index is 11.3. The number of carbonyl (C=O) groups excluding carboxylic acids is 1. The number of carbonyl (C=O) groups is 1. The van der Waals surface area contributed by atoms with Crippen molar-refractivity contribution in [3.05, 3.63) is 35.9 Å².